The smallest absolute Gasteiger partial charge is 0.324 e. The van der Waals surface area contributed by atoms with Gasteiger partial charge in [-0.25, -0.2) is 0 Å². The summed E-state index contributed by atoms with van der Waals surface area (Å²) < 4.78 is 5.51. The van der Waals surface area contributed by atoms with Crippen molar-refractivity contribution in [1.29, 1.82) is 0 Å². The number of hydrogen-bond acceptors (Lipinski definition) is 3. The van der Waals surface area contributed by atoms with Crippen molar-refractivity contribution in [3.8, 4) is 0 Å². The molecule has 0 radical (unpaired) electrons. The van der Waals surface area contributed by atoms with Gasteiger partial charge < -0.3 is 4.74 Å². The fourth-order valence-electron chi connectivity index (χ4n) is 2.69. The molecular formula is C14H21NO2. The van der Waals surface area contributed by atoms with Crippen LogP contribution in [0.5, 0.6) is 0 Å². The molecule has 17 heavy (non-hydrogen) atoms. The molecule has 0 N–H and O–H groups in total. The monoisotopic (exact) mass is 235 g/mol. The zero-order chi connectivity index (χ0) is 12.6. The summed E-state index contributed by atoms with van der Waals surface area (Å²) in [6.07, 6.45) is 5.08. The van der Waals surface area contributed by atoms with E-state index in [0.29, 0.717) is 0 Å². The molecule has 2 aliphatic heterocycles. The number of ether oxygens (including phenoxy) is 1. The van der Waals surface area contributed by atoms with Crippen LogP contribution in [0.25, 0.3) is 0 Å². The van der Waals surface area contributed by atoms with E-state index in [1.807, 2.05) is 26.8 Å². The third-order valence-corrected chi connectivity index (χ3v) is 3.38. The number of fused-ring (bicyclic) bond motifs is 2. The predicted molar refractivity (Wildman–Crippen MR) is 67.6 cm³/mol. The minimum absolute atomic E-state index is 0.0903. The summed E-state index contributed by atoms with van der Waals surface area (Å²) in [6.45, 7) is 11.4. The standard InChI is InChI=1S/C14H21NO2/c1-5-10-6-8-15-9-7-11(10)12(15)13(16)17-14(2,3)4/h5-6,11-12H,1,7-9H2,2-4H3. The van der Waals surface area contributed by atoms with E-state index in [1.165, 1.54) is 5.57 Å². The molecule has 3 unspecified atom stereocenters. The summed E-state index contributed by atoms with van der Waals surface area (Å²) in [6, 6.07) is -0.104. The molecule has 0 amide bonds. The fraction of sp³-hybridized carbons (Fsp3) is 0.643. The first kappa shape index (κ1) is 12.4. The highest BCUT2D eigenvalue weighted by atomic mass is 16.6. The van der Waals surface area contributed by atoms with Crippen LogP contribution in [0.4, 0.5) is 0 Å². The average molecular weight is 235 g/mol. The van der Waals surface area contributed by atoms with E-state index in [-0.39, 0.29) is 17.9 Å². The number of esters is 1. The molecule has 3 nitrogen and oxygen atoms in total. The second-order valence-corrected chi connectivity index (χ2v) is 5.78. The molecule has 2 bridgehead atoms. The Kier molecular flexibility index (Phi) is 3.13. The Morgan fingerprint density at radius 3 is 2.88 bits per heavy atom. The van der Waals surface area contributed by atoms with E-state index in [1.54, 1.807) is 0 Å². The highest BCUT2D eigenvalue weighted by Crippen LogP contribution is 2.35. The van der Waals surface area contributed by atoms with Crippen molar-refractivity contribution in [2.45, 2.75) is 38.8 Å². The molecule has 3 heteroatoms. The molecular weight excluding hydrogens is 214 g/mol. The summed E-state index contributed by atoms with van der Waals surface area (Å²) in [5.74, 6) is 0.184. The summed E-state index contributed by atoms with van der Waals surface area (Å²) in [4.78, 5) is 14.4. The third kappa shape index (κ3) is 2.44. The molecule has 2 heterocycles. The molecule has 3 atom stereocenters. The predicted octanol–water partition coefficient (Wildman–Crippen LogP) is 2.14. The number of carbonyl (C=O) groups excluding carboxylic acids is 1. The molecule has 0 aromatic carbocycles. The lowest BCUT2D eigenvalue weighted by molar-refractivity contribution is -0.161. The van der Waals surface area contributed by atoms with E-state index < -0.39 is 5.60 Å². The van der Waals surface area contributed by atoms with Gasteiger partial charge in [-0.15, -0.1) is 0 Å². The largest absolute Gasteiger partial charge is 0.459 e. The maximum absolute atomic E-state index is 12.2. The van der Waals surface area contributed by atoms with Gasteiger partial charge in [-0.1, -0.05) is 18.7 Å². The summed E-state index contributed by atoms with van der Waals surface area (Å²) in [5.41, 5.74) is 0.794. The maximum atomic E-state index is 12.2. The average Bonchev–Trinajstić information content (AvgIpc) is 2.52. The molecule has 1 saturated heterocycles. The molecule has 2 aliphatic rings. The topological polar surface area (TPSA) is 29.5 Å². The summed E-state index contributed by atoms with van der Waals surface area (Å²) in [5, 5.41) is 0. The van der Waals surface area contributed by atoms with Gasteiger partial charge in [0.1, 0.15) is 11.6 Å². The van der Waals surface area contributed by atoms with Gasteiger partial charge in [-0.3, -0.25) is 9.69 Å². The van der Waals surface area contributed by atoms with Crippen molar-refractivity contribution in [3.63, 3.8) is 0 Å². The van der Waals surface area contributed by atoms with Gasteiger partial charge in [0.05, 0.1) is 0 Å². The van der Waals surface area contributed by atoms with Crippen molar-refractivity contribution >= 4 is 5.97 Å². The van der Waals surface area contributed by atoms with Crippen LogP contribution in [0.3, 0.4) is 0 Å². The van der Waals surface area contributed by atoms with Gasteiger partial charge >= 0.3 is 5.97 Å². The van der Waals surface area contributed by atoms with Gasteiger partial charge in [0.25, 0.3) is 0 Å². The van der Waals surface area contributed by atoms with Gasteiger partial charge in [0, 0.05) is 12.5 Å². The third-order valence-electron chi connectivity index (χ3n) is 3.38. The molecule has 0 aromatic heterocycles. The number of nitrogens with zero attached hydrogens (tertiary/aromatic N) is 1. The Labute approximate surface area is 103 Å². The molecule has 94 valence electrons. The van der Waals surface area contributed by atoms with Crippen LogP contribution in [0.15, 0.2) is 24.3 Å². The Hall–Kier alpha value is -1.09. The molecule has 0 aliphatic carbocycles. The van der Waals surface area contributed by atoms with Crippen molar-refractivity contribution in [2.75, 3.05) is 13.1 Å². The number of allylic oxidation sites excluding steroid dienone is 1. The van der Waals surface area contributed by atoms with Crippen molar-refractivity contribution in [2.24, 2.45) is 5.92 Å². The van der Waals surface area contributed by atoms with Gasteiger partial charge in [-0.2, -0.15) is 0 Å². The van der Waals surface area contributed by atoms with Crippen LogP contribution in [-0.2, 0) is 9.53 Å². The first-order valence-electron chi connectivity index (χ1n) is 6.22. The quantitative estimate of drug-likeness (QED) is 0.687. The first-order chi connectivity index (χ1) is 7.92. The van der Waals surface area contributed by atoms with E-state index in [0.717, 1.165) is 19.5 Å². The van der Waals surface area contributed by atoms with Crippen LogP contribution < -0.4 is 0 Å². The zero-order valence-electron chi connectivity index (χ0n) is 10.9. The Balaban J connectivity index is 2.15. The van der Waals surface area contributed by atoms with E-state index in [2.05, 4.69) is 17.6 Å². The second kappa shape index (κ2) is 4.30. The molecule has 2 rings (SSSR count). The summed E-state index contributed by atoms with van der Waals surface area (Å²) >= 11 is 0. The number of carbonyl (C=O) groups is 1. The Bertz CT molecular complexity index is 365. The first-order valence-corrected chi connectivity index (χ1v) is 6.22. The van der Waals surface area contributed by atoms with Crippen LogP contribution >= 0.6 is 0 Å². The molecule has 1 fully saturated rings. The number of hydrogen-bond donors (Lipinski definition) is 0. The lowest BCUT2D eigenvalue weighted by Gasteiger charge is -2.32. The van der Waals surface area contributed by atoms with Gasteiger partial charge in [0.2, 0.25) is 0 Å². The van der Waals surface area contributed by atoms with Crippen molar-refractivity contribution in [3.05, 3.63) is 24.3 Å². The maximum Gasteiger partial charge on any atom is 0.324 e. The molecule has 0 saturated carbocycles. The van der Waals surface area contributed by atoms with Crippen LogP contribution in [0, 0.1) is 5.92 Å². The van der Waals surface area contributed by atoms with Crippen LogP contribution in [-0.4, -0.2) is 35.6 Å². The minimum Gasteiger partial charge on any atom is -0.459 e. The second-order valence-electron chi connectivity index (χ2n) is 5.78. The number of rotatable bonds is 2. The fourth-order valence-corrected chi connectivity index (χ4v) is 2.69. The van der Waals surface area contributed by atoms with E-state index in [4.69, 9.17) is 4.74 Å². The zero-order valence-corrected chi connectivity index (χ0v) is 10.9. The molecule has 0 aromatic rings. The van der Waals surface area contributed by atoms with Crippen molar-refractivity contribution < 1.29 is 9.53 Å². The SMILES string of the molecule is C=CC1=CCN2CCC1C2C(=O)OC(C)(C)C. The molecule has 0 spiro atoms. The van der Waals surface area contributed by atoms with E-state index in [9.17, 15) is 4.79 Å². The Morgan fingerprint density at radius 2 is 2.29 bits per heavy atom. The minimum atomic E-state index is -0.410. The highest BCUT2D eigenvalue weighted by Gasteiger charge is 2.44. The highest BCUT2D eigenvalue weighted by molar-refractivity contribution is 5.78. The lowest BCUT2D eigenvalue weighted by atomic mass is 9.89. The van der Waals surface area contributed by atoms with Gasteiger partial charge in [-0.05, 0) is 39.3 Å². The van der Waals surface area contributed by atoms with Crippen LogP contribution in [0.1, 0.15) is 27.2 Å². The summed E-state index contributed by atoms with van der Waals surface area (Å²) in [7, 11) is 0. The normalized spacial score (nSPS) is 31.9. The lowest BCUT2D eigenvalue weighted by Crippen LogP contribution is -2.45. The van der Waals surface area contributed by atoms with Crippen molar-refractivity contribution in [1.82, 2.24) is 4.90 Å². The van der Waals surface area contributed by atoms with E-state index >= 15 is 0 Å². The Morgan fingerprint density at radius 1 is 1.59 bits per heavy atom. The van der Waals surface area contributed by atoms with Gasteiger partial charge in [0.15, 0.2) is 0 Å². The van der Waals surface area contributed by atoms with Crippen LogP contribution in [0.2, 0.25) is 0 Å².